The van der Waals surface area contributed by atoms with E-state index in [9.17, 15) is 4.79 Å². The largest absolute Gasteiger partial charge is 0.372 e. The molecule has 5 nitrogen and oxygen atoms in total. The van der Waals surface area contributed by atoms with E-state index in [2.05, 4.69) is 29.9 Å². The van der Waals surface area contributed by atoms with Gasteiger partial charge >= 0.3 is 0 Å². The average molecular weight is 251 g/mol. The standard InChI is InChI=1S/C12H18N2O.CH3NO/c1-4-6-12(15)14-11-8-5-7-10(13-11)9(2)3;2-1-3/h5,7-9H,4,6H2,1-3H3,(H,13,14,15);1H,(H2,2,3). The van der Waals surface area contributed by atoms with Crippen LogP contribution in [0.3, 0.4) is 0 Å². The van der Waals surface area contributed by atoms with Gasteiger partial charge in [-0.25, -0.2) is 4.98 Å². The average Bonchev–Trinajstić information content (AvgIpc) is 2.30. The molecular formula is C13H21N3O2. The van der Waals surface area contributed by atoms with Crippen molar-refractivity contribution < 1.29 is 9.59 Å². The van der Waals surface area contributed by atoms with Crippen molar-refractivity contribution in [2.45, 2.75) is 39.5 Å². The molecule has 0 spiro atoms. The minimum absolute atomic E-state index is 0.0332. The highest BCUT2D eigenvalue weighted by Crippen LogP contribution is 2.13. The van der Waals surface area contributed by atoms with Gasteiger partial charge in [0, 0.05) is 12.1 Å². The van der Waals surface area contributed by atoms with Crippen molar-refractivity contribution in [2.75, 3.05) is 5.32 Å². The number of nitrogens with one attached hydrogen (secondary N) is 1. The number of carbonyl (C=O) groups is 2. The van der Waals surface area contributed by atoms with Crippen LogP contribution in [0.1, 0.15) is 45.2 Å². The van der Waals surface area contributed by atoms with Gasteiger partial charge in [-0.1, -0.05) is 26.8 Å². The zero-order valence-electron chi connectivity index (χ0n) is 11.1. The molecule has 5 heteroatoms. The van der Waals surface area contributed by atoms with Gasteiger partial charge in [-0.3, -0.25) is 9.59 Å². The summed E-state index contributed by atoms with van der Waals surface area (Å²) < 4.78 is 0. The molecule has 0 aliphatic rings. The van der Waals surface area contributed by atoms with E-state index < -0.39 is 0 Å². The van der Waals surface area contributed by atoms with Gasteiger partial charge in [-0.2, -0.15) is 0 Å². The molecule has 100 valence electrons. The number of primary amides is 1. The number of rotatable bonds is 4. The maximum absolute atomic E-state index is 11.3. The molecule has 0 aromatic carbocycles. The van der Waals surface area contributed by atoms with Gasteiger partial charge in [-0.05, 0) is 24.5 Å². The summed E-state index contributed by atoms with van der Waals surface area (Å²) in [6.45, 7) is 6.15. The number of aromatic nitrogens is 1. The molecule has 18 heavy (non-hydrogen) atoms. The van der Waals surface area contributed by atoms with Gasteiger partial charge in [0.2, 0.25) is 12.3 Å². The van der Waals surface area contributed by atoms with Gasteiger partial charge in [0.25, 0.3) is 0 Å². The number of pyridine rings is 1. The van der Waals surface area contributed by atoms with Crippen LogP contribution in [0.4, 0.5) is 5.82 Å². The number of amides is 2. The smallest absolute Gasteiger partial charge is 0.225 e. The fraction of sp³-hybridized carbons (Fsp3) is 0.462. The molecule has 1 heterocycles. The molecule has 0 bridgehead atoms. The molecule has 0 atom stereocenters. The van der Waals surface area contributed by atoms with Crippen LogP contribution in [0.15, 0.2) is 18.2 Å². The number of nitrogens with two attached hydrogens (primary N) is 1. The molecule has 0 saturated carbocycles. The highest BCUT2D eigenvalue weighted by Gasteiger charge is 2.04. The Morgan fingerprint density at radius 1 is 1.50 bits per heavy atom. The Labute approximate surface area is 108 Å². The lowest BCUT2D eigenvalue weighted by molar-refractivity contribution is -0.116. The topological polar surface area (TPSA) is 85.1 Å². The summed E-state index contributed by atoms with van der Waals surface area (Å²) in [6.07, 6.45) is 1.66. The summed E-state index contributed by atoms with van der Waals surface area (Å²) in [7, 11) is 0. The third kappa shape index (κ3) is 6.62. The van der Waals surface area contributed by atoms with Crippen LogP contribution >= 0.6 is 0 Å². The molecule has 1 rings (SSSR count). The molecule has 0 aliphatic heterocycles. The van der Waals surface area contributed by atoms with E-state index in [1.807, 2.05) is 25.1 Å². The lowest BCUT2D eigenvalue weighted by atomic mass is 10.1. The van der Waals surface area contributed by atoms with Crippen LogP contribution in [0.2, 0.25) is 0 Å². The number of carbonyl (C=O) groups excluding carboxylic acids is 2. The van der Waals surface area contributed by atoms with Crippen LogP contribution in [-0.4, -0.2) is 17.3 Å². The van der Waals surface area contributed by atoms with E-state index in [0.717, 1.165) is 12.1 Å². The van der Waals surface area contributed by atoms with Crippen molar-refractivity contribution in [1.29, 1.82) is 0 Å². The minimum atomic E-state index is 0.0332. The fourth-order valence-corrected chi connectivity index (χ4v) is 1.28. The van der Waals surface area contributed by atoms with Gasteiger partial charge in [0.15, 0.2) is 0 Å². The SMILES string of the molecule is CCCC(=O)Nc1cccc(C(C)C)n1.NC=O. The minimum Gasteiger partial charge on any atom is -0.372 e. The predicted molar refractivity (Wildman–Crippen MR) is 72.1 cm³/mol. The van der Waals surface area contributed by atoms with E-state index in [4.69, 9.17) is 4.79 Å². The van der Waals surface area contributed by atoms with Gasteiger partial charge in [0.1, 0.15) is 5.82 Å². The Bertz CT molecular complexity index is 378. The summed E-state index contributed by atoms with van der Waals surface area (Å²) in [5, 5.41) is 2.79. The number of nitrogens with zero attached hydrogens (tertiary/aromatic N) is 1. The van der Waals surface area contributed by atoms with Crippen molar-refractivity contribution in [1.82, 2.24) is 4.98 Å². The van der Waals surface area contributed by atoms with E-state index >= 15 is 0 Å². The first-order chi connectivity index (χ1) is 8.54. The van der Waals surface area contributed by atoms with Crippen molar-refractivity contribution in [3.8, 4) is 0 Å². The normalized spacial score (nSPS) is 9.33. The summed E-state index contributed by atoms with van der Waals surface area (Å²) in [4.78, 5) is 24.3. The number of hydrogen-bond acceptors (Lipinski definition) is 3. The quantitative estimate of drug-likeness (QED) is 0.803. The Kier molecular flexibility index (Phi) is 8.18. The van der Waals surface area contributed by atoms with Crippen LogP contribution in [0.25, 0.3) is 0 Å². The van der Waals surface area contributed by atoms with E-state index in [1.54, 1.807) is 0 Å². The highest BCUT2D eigenvalue weighted by molar-refractivity contribution is 5.89. The first-order valence-electron chi connectivity index (χ1n) is 5.97. The van der Waals surface area contributed by atoms with Crippen molar-refractivity contribution in [2.24, 2.45) is 5.73 Å². The maximum Gasteiger partial charge on any atom is 0.225 e. The molecule has 0 unspecified atom stereocenters. The van der Waals surface area contributed by atoms with E-state index in [-0.39, 0.29) is 12.3 Å². The maximum atomic E-state index is 11.3. The van der Waals surface area contributed by atoms with Gasteiger partial charge < -0.3 is 11.1 Å². The van der Waals surface area contributed by atoms with Gasteiger partial charge in [-0.15, -0.1) is 0 Å². The molecule has 2 amide bonds. The summed E-state index contributed by atoms with van der Waals surface area (Å²) in [5.41, 5.74) is 5.17. The van der Waals surface area contributed by atoms with Crippen LogP contribution in [-0.2, 0) is 9.59 Å². The Morgan fingerprint density at radius 2 is 2.11 bits per heavy atom. The lowest BCUT2D eigenvalue weighted by Gasteiger charge is -2.07. The van der Waals surface area contributed by atoms with Crippen LogP contribution in [0.5, 0.6) is 0 Å². The Morgan fingerprint density at radius 3 is 2.61 bits per heavy atom. The first-order valence-corrected chi connectivity index (χ1v) is 5.97. The number of anilines is 1. The molecule has 1 aromatic heterocycles. The second-order valence-corrected chi connectivity index (χ2v) is 4.04. The fourth-order valence-electron chi connectivity index (χ4n) is 1.28. The second-order valence-electron chi connectivity index (χ2n) is 4.04. The van der Waals surface area contributed by atoms with E-state index in [0.29, 0.717) is 18.2 Å². The lowest BCUT2D eigenvalue weighted by Crippen LogP contribution is -2.12. The first kappa shape index (κ1) is 16.1. The number of hydrogen-bond donors (Lipinski definition) is 2. The van der Waals surface area contributed by atoms with Crippen molar-refractivity contribution in [3.63, 3.8) is 0 Å². The predicted octanol–water partition coefficient (Wildman–Crippen LogP) is 2.05. The second kappa shape index (κ2) is 9.15. The van der Waals surface area contributed by atoms with Gasteiger partial charge in [0.05, 0.1) is 0 Å². The zero-order valence-corrected chi connectivity index (χ0v) is 11.1. The van der Waals surface area contributed by atoms with E-state index in [1.165, 1.54) is 0 Å². The van der Waals surface area contributed by atoms with Crippen LogP contribution < -0.4 is 11.1 Å². The Balaban J connectivity index is 0.000000873. The van der Waals surface area contributed by atoms with Crippen molar-refractivity contribution >= 4 is 18.1 Å². The van der Waals surface area contributed by atoms with Crippen molar-refractivity contribution in [3.05, 3.63) is 23.9 Å². The molecule has 3 N–H and O–H groups in total. The summed E-state index contributed by atoms with van der Waals surface area (Å²) in [5.74, 6) is 1.07. The zero-order chi connectivity index (χ0) is 14.0. The molecule has 0 saturated heterocycles. The molecular weight excluding hydrogens is 230 g/mol. The molecule has 0 aliphatic carbocycles. The third-order valence-electron chi connectivity index (χ3n) is 2.11. The highest BCUT2D eigenvalue weighted by atomic mass is 16.1. The monoisotopic (exact) mass is 251 g/mol. The molecule has 1 aromatic rings. The van der Waals surface area contributed by atoms with Crippen LogP contribution in [0, 0.1) is 0 Å². The Hall–Kier alpha value is -1.91. The molecule has 0 fully saturated rings. The third-order valence-corrected chi connectivity index (χ3v) is 2.11. The summed E-state index contributed by atoms with van der Waals surface area (Å²) >= 11 is 0. The summed E-state index contributed by atoms with van der Waals surface area (Å²) in [6, 6.07) is 5.71. The molecule has 0 radical (unpaired) electrons.